The highest BCUT2D eigenvalue weighted by atomic mass is 16.7. The molecule has 0 saturated carbocycles. The van der Waals surface area contributed by atoms with Crippen LogP contribution in [-0.2, 0) is 16.2 Å². The van der Waals surface area contributed by atoms with Crippen LogP contribution in [0.25, 0.3) is 0 Å². The molecule has 1 amide bonds. The molecule has 0 unspecified atom stereocenters. The summed E-state index contributed by atoms with van der Waals surface area (Å²) in [5.74, 6) is 0.0452. The molecular weight excluding hydrogens is 168 g/mol. The largest absolute Gasteiger partial charge is 0.272 e. The molecule has 1 fully saturated rings. The molecular formula is C9H10N2O2. The number of carbonyl (C=O) groups is 1. The van der Waals surface area contributed by atoms with E-state index in [1.165, 1.54) is 5.06 Å². The minimum absolute atomic E-state index is 0.0452. The lowest BCUT2D eigenvalue weighted by molar-refractivity contribution is -0.164. The van der Waals surface area contributed by atoms with E-state index in [9.17, 15) is 4.79 Å². The number of hydroxylamine groups is 2. The van der Waals surface area contributed by atoms with Crippen molar-refractivity contribution >= 4 is 5.91 Å². The van der Waals surface area contributed by atoms with E-state index in [1.54, 1.807) is 12.4 Å². The Bertz CT molecular complexity index is 300. The zero-order valence-electron chi connectivity index (χ0n) is 7.14. The van der Waals surface area contributed by atoms with Gasteiger partial charge in [0.2, 0.25) is 5.91 Å². The molecule has 13 heavy (non-hydrogen) atoms. The monoisotopic (exact) mass is 178 g/mol. The average Bonchev–Trinajstić information content (AvgIpc) is 2.54. The normalized spacial score (nSPS) is 16.6. The zero-order chi connectivity index (χ0) is 9.10. The van der Waals surface area contributed by atoms with Crippen LogP contribution in [0.4, 0.5) is 0 Å². The summed E-state index contributed by atoms with van der Waals surface area (Å²) in [5.41, 5.74) is 0.984. The fraction of sp³-hybridized carbons (Fsp3) is 0.333. The minimum Gasteiger partial charge on any atom is -0.272 e. The lowest BCUT2D eigenvalue weighted by atomic mass is 10.3. The number of rotatable bonds is 2. The van der Waals surface area contributed by atoms with Crippen molar-refractivity contribution in [1.82, 2.24) is 10.0 Å². The van der Waals surface area contributed by atoms with E-state index in [2.05, 4.69) is 4.98 Å². The highest BCUT2D eigenvalue weighted by molar-refractivity contribution is 5.76. The lowest BCUT2D eigenvalue weighted by Crippen LogP contribution is -2.22. The van der Waals surface area contributed by atoms with Gasteiger partial charge < -0.3 is 0 Å². The zero-order valence-corrected chi connectivity index (χ0v) is 7.14. The third-order valence-electron chi connectivity index (χ3n) is 1.89. The predicted molar refractivity (Wildman–Crippen MR) is 45.4 cm³/mol. The summed E-state index contributed by atoms with van der Waals surface area (Å²) in [5, 5.41) is 1.39. The van der Waals surface area contributed by atoms with Crippen molar-refractivity contribution in [2.75, 3.05) is 6.61 Å². The molecule has 1 saturated heterocycles. The fourth-order valence-corrected chi connectivity index (χ4v) is 1.23. The Kier molecular flexibility index (Phi) is 2.23. The van der Waals surface area contributed by atoms with Gasteiger partial charge in [-0.15, -0.1) is 0 Å². The van der Waals surface area contributed by atoms with Gasteiger partial charge in [-0.2, -0.15) is 0 Å². The molecule has 0 atom stereocenters. The van der Waals surface area contributed by atoms with Gasteiger partial charge in [-0.25, -0.2) is 5.06 Å². The lowest BCUT2D eigenvalue weighted by Gasteiger charge is -2.12. The van der Waals surface area contributed by atoms with Crippen LogP contribution in [-0.4, -0.2) is 22.6 Å². The van der Waals surface area contributed by atoms with Crippen LogP contribution in [0.2, 0.25) is 0 Å². The average molecular weight is 178 g/mol. The van der Waals surface area contributed by atoms with Gasteiger partial charge in [0.1, 0.15) is 0 Å². The molecule has 1 aromatic heterocycles. The van der Waals surface area contributed by atoms with E-state index in [0.717, 1.165) is 5.56 Å². The summed E-state index contributed by atoms with van der Waals surface area (Å²) in [4.78, 5) is 20.2. The molecule has 0 bridgehead atoms. The van der Waals surface area contributed by atoms with Crippen molar-refractivity contribution < 1.29 is 9.63 Å². The second-order valence-corrected chi connectivity index (χ2v) is 2.87. The first-order chi connectivity index (χ1) is 6.36. The van der Waals surface area contributed by atoms with Crippen LogP contribution in [0.15, 0.2) is 24.5 Å². The molecule has 0 radical (unpaired) electrons. The Morgan fingerprint density at radius 3 is 3.15 bits per heavy atom. The number of pyridine rings is 1. The summed E-state index contributed by atoms with van der Waals surface area (Å²) in [6.07, 6.45) is 3.92. The van der Waals surface area contributed by atoms with E-state index in [0.29, 0.717) is 19.6 Å². The molecule has 4 nitrogen and oxygen atoms in total. The van der Waals surface area contributed by atoms with Gasteiger partial charge in [-0.1, -0.05) is 6.07 Å². The van der Waals surface area contributed by atoms with Crippen molar-refractivity contribution in [2.24, 2.45) is 0 Å². The predicted octanol–water partition coefficient (Wildman–Crippen LogP) is 0.746. The third-order valence-corrected chi connectivity index (χ3v) is 1.89. The first-order valence-corrected chi connectivity index (χ1v) is 4.18. The number of nitrogens with zero attached hydrogens (tertiary/aromatic N) is 2. The molecule has 0 aliphatic carbocycles. The second kappa shape index (κ2) is 3.53. The molecule has 4 heteroatoms. The van der Waals surface area contributed by atoms with Crippen molar-refractivity contribution in [3.05, 3.63) is 30.1 Å². The van der Waals surface area contributed by atoms with Gasteiger partial charge >= 0.3 is 0 Å². The number of amides is 1. The summed E-state index contributed by atoms with van der Waals surface area (Å²) in [6.45, 7) is 0.992. The van der Waals surface area contributed by atoms with Crippen LogP contribution in [0.1, 0.15) is 12.0 Å². The van der Waals surface area contributed by atoms with Crippen molar-refractivity contribution in [2.45, 2.75) is 13.0 Å². The Morgan fingerprint density at radius 1 is 1.62 bits per heavy atom. The number of hydrogen-bond donors (Lipinski definition) is 0. The number of hydrogen-bond acceptors (Lipinski definition) is 3. The van der Waals surface area contributed by atoms with Gasteiger partial charge in [0, 0.05) is 12.4 Å². The van der Waals surface area contributed by atoms with Crippen LogP contribution < -0.4 is 0 Å². The highest BCUT2D eigenvalue weighted by Crippen LogP contribution is 2.10. The maximum absolute atomic E-state index is 11.2. The second-order valence-electron chi connectivity index (χ2n) is 2.87. The Balaban J connectivity index is 2.02. The minimum atomic E-state index is 0.0452. The quantitative estimate of drug-likeness (QED) is 0.671. The van der Waals surface area contributed by atoms with Crippen LogP contribution in [0.3, 0.4) is 0 Å². The van der Waals surface area contributed by atoms with Gasteiger partial charge in [-0.3, -0.25) is 14.6 Å². The highest BCUT2D eigenvalue weighted by Gasteiger charge is 2.21. The standard InChI is InChI=1S/C9H10N2O2/c12-9-3-5-13-11(9)7-8-2-1-4-10-6-8/h1-2,4,6H,3,5,7H2. The van der Waals surface area contributed by atoms with Gasteiger partial charge in [-0.05, 0) is 11.6 Å². The van der Waals surface area contributed by atoms with E-state index >= 15 is 0 Å². The molecule has 68 valence electrons. The first-order valence-electron chi connectivity index (χ1n) is 4.18. The summed E-state index contributed by atoms with van der Waals surface area (Å²) in [7, 11) is 0. The SMILES string of the molecule is O=C1CCON1Cc1cccnc1. The van der Waals surface area contributed by atoms with Crippen LogP contribution >= 0.6 is 0 Å². The van der Waals surface area contributed by atoms with Crippen LogP contribution in [0, 0.1) is 0 Å². The first kappa shape index (κ1) is 8.19. The third kappa shape index (κ3) is 1.84. The molecule has 2 heterocycles. The van der Waals surface area contributed by atoms with Crippen LogP contribution in [0.5, 0.6) is 0 Å². The van der Waals surface area contributed by atoms with Crippen molar-refractivity contribution in [1.29, 1.82) is 0 Å². The maximum atomic E-state index is 11.2. The number of carbonyl (C=O) groups excluding carboxylic acids is 1. The van der Waals surface area contributed by atoms with E-state index in [4.69, 9.17) is 4.84 Å². The Morgan fingerprint density at radius 2 is 2.54 bits per heavy atom. The maximum Gasteiger partial charge on any atom is 0.248 e. The smallest absolute Gasteiger partial charge is 0.248 e. The van der Waals surface area contributed by atoms with Gasteiger partial charge in [0.15, 0.2) is 0 Å². The Labute approximate surface area is 76.1 Å². The molecule has 1 aromatic rings. The number of aromatic nitrogens is 1. The summed E-state index contributed by atoms with van der Waals surface area (Å²) in [6, 6.07) is 3.76. The topological polar surface area (TPSA) is 42.4 Å². The fourth-order valence-electron chi connectivity index (χ4n) is 1.23. The summed E-state index contributed by atoms with van der Waals surface area (Å²) < 4.78 is 0. The molecule has 1 aliphatic rings. The Hall–Kier alpha value is -1.42. The van der Waals surface area contributed by atoms with Crippen molar-refractivity contribution in [3.8, 4) is 0 Å². The summed E-state index contributed by atoms with van der Waals surface area (Å²) >= 11 is 0. The van der Waals surface area contributed by atoms with Gasteiger partial charge in [0.05, 0.1) is 19.6 Å². The molecule has 0 spiro atoms. The van der Waals surface area contributed by atoms with E-state index in [1.807, 2.05) is 12.1 Å². The molecule has 0 N–H and O–H groups in total. The van der Waals surface area contributed by atoms with E-state index in [-0.39, 0.29) is 5.91 Å². The molecule has 2 rings (SSSR count). The van der Waals surface area contributed by atoms with Crippen molar-refractivity contribution in [3.63, 3.8) is 0 Å². The van der Waals surface area contributed by atoms with Gasteiger partial charge in [0.25, 0.3) is 0 Å². The molecule has 0 aromatic carbocycles. The van der Waals surface area contributed by atoms with E-state index < -0.39 is 0 Å². The molecule has 1 aliphatic heterocycles.